The van der Waals surface area contributed by atoms with E-state index in [1.165, 1.54) is 0 Å². The molecule has 3 rings (SSSR count). The quantitative estimate of drug-likeness (QED) is 0.703. The fourth-order valence-electron chi connectivity index (χ4n) is 2.01. The van der Waals surface area contributed by atoms with E-state index >= 15 is 0 Å². The zero-order chi connectivity index (χ0) is 14.8. The Morgan fingerprint density at radius 1 is 1.05 bits per heavy atom. The zero-order valence-electron chi connectivity index (χ0n) is 10.9. The van der Waals surface area contributed by atoms with Crippen LogP contribution >= 0.6 is 28.1 Å². The van der Waals surface area contributed by atoms with Gasteiger partial charge in [-0.2, -0.15) is 0 Å². The van der Waals surface area contributed by atoms with Gasteiger partial charge in [0.15, 0.2) is 0 Å². The van der Waals surface area contributed by atoms with Gasteiger partial charge in [-0.05, 0) is 38.8 Å². The van der Waals surface area contributed by atoms with Crippen molar-refractivity contribution in [1.82, 2.24) is 4.98 Å². The van der Waals surface area contributed by atoms with Gasteiger partial charge < -0.3 is 10.5 Å². The number of benzene rings is 2. The van der Waals surface area contributed by atoms with E-state index in [9.17, 15) is 0 Å². The number of pyridine rings is 1. The van der Waals surface area contributed by atoms with E-state index in [4.69, 9.17) is 22.7 Å². The summed E-state index contributed by atoms with van der Waals surface area (Å²) in [6.07, 6.45) is 0. The predicted molar refractivity (Wildman–Crippen MR) is 91.8 cm³/mol. The molecule has 0 aliphatic carbocycles. The molecule has 104 valence electrons. The van der Waals surface area contributed by atoms with Crippen molar-refractivity contribution in [3.05, 3.63) is 64.8 Å². The summed E-state index contributed by atoms with van der Waals surface area (Å²) < 4.78 is 6.73. The summed E-state index contributed by atoms with van der Waals surface area (Å²) >= 11 is 8.51. The molecule has 0 amide bonds. The Morgan fingerprint density at radius 2 is 1.86 bits per heavy atom. The molecule has 0 fully saturated rings. The molecule has 2 N–H and O–H groups in total. The van der Waals surface area contributed by atoms with Gasteiger partial charge >= 0.3 is 0 Å². The normalized spacial score (nSPS) is 10.5. The van der Waals surface area contributed by atoms with Gasteiger partial charge in [-0.3, -0.25) is 0 Å². The standard InChI is InChI=1S/C16H11BrN2OS/c17-15-11-5-2-1-4-10(11)8-9-13(15)20-14-7-3-6-12(19-14)16(18)21/h1-9H,(H2,18,21). The molecule has 1 heterocycles. The molecule has 0 saturated heterocycles. The van der Waals surface area contributed by atoms with Crippen molar-refractivity contribution in [2.24, 2.45) is 5.73 Å². The van der Waals surface area contributed by atoms with Crippen LogP contribution in [0.25, 0.3) is 10.8 Å². The van der Waals surface area contributed by atoms with Gasteiger partial charge in [0.1, 0.15) is 16.4 Å². The number of nitrogens with zero attached hydrogens (tertiary/aromatic N) is 1. The van der Waals surface area contributed by atoms with E-state index in [0.29, 0.717) is 17.3 Å². The van der Waals surface area contributed by atoms with E-state index in [1.54, 1.807) is 12.1 Å². The van der Waals surface area contributed by atoms with Crippen molar-refractivity contribution >= 4 is 43.9 Å². The molecule has 0 bridgehead atoms. The lowest BCUT2D eigenvalue weighted by Crippen LogP contribution is -2.11. The topological polar surface area (TPSA) is 48.1 Å². The highest BCUT2D eigenvalue weighted by atomic mass is 79.9. The maximum Gasteiger partial charge on any atom is 0.219 e. The fourth-order valence-corrected chi connectivity index (χ4v) is 2.70. The first-order chi connectivity index (χ1) is 10.1. The van der Waals surface area contributed by atoms with Crippen LogP contribution in [0.5, 0.6) is 11.6 Å². The molecule has 0 spiro atoms. The second-order valence-electron chi connectivity index (χ2n) is 4.43. The number of ether oxygens (including phenoxy) is 1. The fraction of sp³-hybridized carbons (Fsp3) is 0. The number of thiocarbonyl (C=S) groups is 1. The number of hydrogen-bond donors (Lipinski definition) is 1. The molecule has 2 aromatic carbocycles. The van der Waals surface area contributed by atoms with Crippen molar-refractivity contribution in [2.45, 2.75) is 0 Å². The third-order valence-electron chi connectivity index (χ3n) is 3.02. The van der Waals surface area contributed by atoms with E-state index < -0.39 is 0 Å². The van der Waals surface area contributed by atoms with Crippen LogP contribution in [0, 0.1) is 0 Å². The lowest BCUT2D eigenvalue weighted by Gasteiger charge is -2.10. The second kappa shape index (κ2) is 5.79. The van der Waals surface area contributed by atoms with Crippen molar-refractivity contribution < 1.29 is 4.74 Å². The molecule has 0 radical (unpaired) electrons. The van der Waals surface area contributed by atoms with Gasteiger partial charge in [-0.1, -0.05) is 48.6 Å². The van der Waals surface area contributed by atoms with Gasteiger partial charge in [-0.15, -0.1) is 0 Å². The smallest absolute Gasteiger partial charge is 0.219 e. The molecule has 5 heteroatoms. The molecule has 0 aliphatic heterocycles. The highest BCUT2D eigenvalue weighted by molar-refractivity contribution is 9.10. The van der Waals surface area contributed by atoms with Crippen LogP contribution in [0.3, 0.4) is 0 Å². The largest absolute Gasteiger partial charge is 0.438 e. The van der Waals surface area contributed by atoms with Crippen LogP contribution < -0.4 is 10.5 Å². The van der Waals surface area contributed by atoms with Crippen molar-refractivity contribution in [1.29, 1.82) is 0 Å². The summed E-state index contributed by atoms with van der Waals surface area (Å²) in [5.41, 5.74) is 6.13. The van der Waals surface area contributed by atoms with Gasteiger partial charge in [0.2, 0.25) is 5.88 Å². The maximum absolute atomic E-state index is 5.83. The monoisotopic (exact) mass is 358 g/mol. The zero-order valence-corrected chi connectivity index (χ0v) is 13.3. The average molecular weight is 359 g/mol. The van der Waals surface area contributed by atoms with E-state index in [1.807, 2.05) is 36.4 Å². The van der Waals surface area contributed by atoms with E-state index in [0.717, 1.165) is 15.2 Å². The summed E-state index contributed by atoms with van der Waals surface area (Å²) in [7, 11) is 0. The Balaban J connectivity index is 2.00. The molecular weight excluding hydrogens is 348 g/mol. The summed E-state index contributed by atoms with van der Waals surface area (Å²) in [4.78, 5) is 4.53. The summed E-state index contributed by atoms with van der Waals surface area (Å²) in [6.45, 7) is 0. The number of fused-ring (bicyclic) bond motifs is 1. The Kier molecular flexibility index (Phi) is 3.86. The van der Waals surface area contributed by atoms with Crippen molar-refractivity contribution in [3.8, 4) is 11.6 Å². The first-order valence-electron chi connectivity index (χ1n) is 6.27. The predicted octanol–water partition coefficient (Wildman–Crippen LogP) is 4.42. The van der Waals surface area contributed by atoms with Crippen molar-refractivity contribution in [3.63, 3.8) is 0 Å². The third kappa shape index (κ3) is 2.89. The van der Waals surface area contributed by atoms with Gasteiger partial charge in [0, 0.05) is 6.07 Å². The minimum absolute atomic E-state index is 0.248. The number of nitrogens with two attached hydrogens (primary N) is 1. The van der Waals surface area contributed by atoms with E-state index in [-0.39, 0.29) is 4.99 Å². The molecule has 0 aliphatic rings. The van der Waals surface area contributed by atoms with Gasteiger partial charge in [-0.25, -0.2) is 4.98 Å². The van der Waals surface area contributed by atoms with Gasteiger partial charge in [0.05, 0.1) is 4.47 Å². The van der Waals surface area contributed by atoms with Crippen LogP contribution in [-0.4, -0.2) is 9.97 Å². The summed E-state index contributed by atoms with van der Waals surface area (Å²) in [5.74, 6) is 1.15. The van der Waals surface area contributed by atoms with Crippen LogP contribution in [0.4, 0.5) is 0 Å². The minimum atomic E-state index is 0.248. The summed E-state index contributed by atoms with van der Waals surface area (Å²) in [6, 6.07) is 17.3. The summed E-state index contributed by atoms with van der Waals surface area (Å²) in [5, 5.41) is 2.22. The lowest BCUT2D eigenvalue weighted by atomic mass is 10.1. The molecule has 0 atom stereocenters. The van der Waals surface area contributed by atoms with E-state index in [2.05, 4.69) is 27.0 Å². The van der Waals surface area contributed by atoms with Crippen molar-refractivity contribution in [2.75, 3.05) is 0 Å². The molecular formula is C16H11BrN2OS. The highest BCUT2D eigenvalue weighted by Gasteiger charge is 2.08. The number of halogens is 1. The maximum atomic E-state index is 5.83. The first kappa shape index (κ1) is 14.0. The molecule has 3 nitrogen and oxygen atoms in total. The molecule has 1 aromatic heterocycles. The number of rotatable bonds is 3. The molecule has 0 saturated carbocycles. The second-order valence-corrected chi connectivity index (χ2v) is 5.66. The van der Waals surface area contributed by atoms with Crippen LogP contribution in [0.2, 0.25) is 0 Å². The Hall–Kier alpha value is -1.98. The molecule has 3 aromatic rings. The Morgan fingerprint density at radius 3 is 2.67 bits per heavy atom. The van der Waals surface area contributed by atoms with Crippen LogP contribution in [-0.2, 0) is 0 Å². The Labute approximate surface area is 135 Å². The molecule has 21 heavy (non-hydrogen) atoms. The average Bonchev–Trinajstić information content (AvgIpc) is 2.51. The molecule has 0 unspecified atom stereocenters. The third-order valence-corrected chi connectivity index (χ3v) is 4.05. The minimum Gasteiger partial charge on any atom is -0.438 e. The number of aromatic nitrogens is 1. The SMILES string of the molecule is NC(=S)c1cccc(Oc2ccc3ccccc3c2Br)n1. The lowest BCUT2D eigenvalue weighted by molar-refractivity contribution is 0.460. The van der Waals surface area contributed by atoms with Crippen LogP contribution in [0.15, 0.2) is 59.1 Å². The van der Waals surface area contributed by atoms with Gasteiger partial charge in [0.25, 0.3) is 0 Å². The Bertz CT molecular complexity index is 835. The highest BCUT2D eigenvalue weighted by Crippen LogP contribution is 2.35. The van der Waals surface area contributed by atoms with Crippen LogP contribution in [0.1, 0.15) is 5.69 Å². The number of hydrogen-bond acceptors (Lipinski definition) is 3. The first-order valence-corrected chi connectivity index (χ1v) is 7.47.